The summed E-state index contributed by atoms with van der Waals surface area (Å²) in [7, 11) is 0. The molecule has 5 heteroatoms. The Labute approximate surface area is 159 Å². The third-order valence-electron chi connectivity index (χ3n) is 5.76. The van der Waals surface area contributed by atoms with Crippen molar-refractivity contribution >= 4 is 17.5 Å². The van der Waals surface area contributed by atoms with Crippen molar-refractivity contribution in [2.45, 2.75) is 18.8 Å². The number of carbonyl (C=O) groups is 2. The summed E-state index contributed by atoms with van der Waals surface area (Å²) in [6.45, 7) is 2.70. The van der Waals surface area contributed by atoms with E-state index in [0.29, 0.717) is 31.6 Å². The van der Waals surface area contributed by atoms with Crippen molar-refractivity contribution < 1.29 is 9.59 Å². The van der Waals surface area contributed by atoms with Gasteiger partial charge < -0.3 is 15.5 Å². The van der Waals surface area contributed by atoms with Gasteiger partial charge in [-0.2, -0.15) is 0 Å². The van der Waals surface area contributed by atoms with Gasteiger partial charge in [0, 0.05) is 43.2 Å². The van der Waals surface area contributed by atoms with E-state index in [1.165, 1.54) is 5.56 Å². The van der Waals surface area contributed by atoms with E-state index in [4.69, 9.17) is 5.73 Å². The molecular weight excluding hydrogens is 338 g/mol. The number of hydrogen-bond acceptors (Lipinski definition) is 3. The zero-order valence-corrected chi connectivity index (χ0v) is 15.4. The molecule has 2 amide bonds. The van der Waals surface area contributed by atoms with E-state index >= 15 is 0 Å². The minimum absolute atomic E-state index is 0.0335. The lowest BCUT2D eigenvalue weighted by atomic mass is 9.89. The number of nitrogens with two attached hydrogens (primary N) is 1. The summed E-state index contributed by atoms with van der Waals surface area (Å²) in [4.78, 5) is 28.6. The molecule has 0 bridgehead atoms. The number of rotatable bonds is 4. The average molecular weight is 363 g/mol. The Balaban J connectivity index is 1.49. The minimum Gasteiger partial charge on any atom is -0.338 e. The fourth-order valence-electron chi connectivity index (χ4n) is 4.24. The number of nitrogens with zero attached hydrogens (tertiary/aromatic N) is 2. The van der Waals surface area contributed by atoms with Crippen LogP contribution in [0.15, 0.2) is 54.6 Å². The smallest absolute Gasteiger partial charge is 0.253 e. The molecule has 2 aromatic carbocycles. The highest BCUT2D eigenvalue weighted by Gasteiger charge is 2.35. The Morgan fingerprint density at radius 1 is 1.04 bits per heavy atom. The van der Waals surface area contributed by atoms with Crippen LogP contribution in [0.4, 0.5) is 5.69 Å². The maximum absolute atomic E-state index is 13.0. The first-order valence-electron chi connectivity index (χ1n) is 9.62. The lowest BCUT2D eigenvalue weighted by molar-refractivity contribution is -0.117. The van der Waals surface area contributed by atoms with Gasteiger partial charge in [0.1, 0.15) is 0 Å². The van der Waals surface area contributed by atoms with E-state index in [-0.39, 0.29) is 23.7 Å². The molecule has 2 aliphatic rings. The van der Waals surface area contributed by atoms with Crippen molar-refractivity contribution in [3.8, 4) is 0 Å². The number of anilines is 1. The molecule has 2 aromatic rings. The molecule has 2 aliphatic heterocycles. The molecule has 0 spiro atoms. The third-order valence-corrected chi connectivity index (χ3v) is 5.76. The van der Waals surface area contributed by atoms with Gasteiger partial charge in [-0.05, 0) is 48.7 Å². The second kappa shape index (κ2) is 7.53. The standard InChI is InChI=1S/C22H25N3O2/c23-13-18-14-24(15-20(18)16-5-2-1-3-6-16)22(27)17-8-10-19(11-9-17)25-12-4-7-21(25)26/h1-3,5-6,8-11,18,20H,4,7,12-15,23H2/t18-,20+/m1/s1. The van der Waals surface area contributed by atoms with Crippen LogP contribution in [0.3, 0.4) is 0 Å². The largest absolute Gasteiger partial charge is 0.338 e. The molecular formula is C22H25N3O2. The monoisotopic (exact) mass is 363 g/mol. The van der Waals surface area contributed by atoms with Crippen LogP contribution >= 0.6 is 0 Å². The lowest BCUT2D eigenvalue weighted by Crippen LogP contribution is -2.30. The first-order chi connectivity index (χ1) is 13.2. The minimum atomic E-state index is 0.0335. The topological polar surface area (TPSA) is 66.6 Å². The maximum Gasteiger partial charge on any atom is 0.253 e. The van der Waals surface area contributed by atoms with Crippen molar-refractivity contribution in [3.63, 3.8) is 0 Å². The summed E-state index contributed by atoms with van der Waals surface area (Å²) < 4.78 is 0. The molecule has 0 saturated carbocycles. The second-order valence-electron chi connectivity index (χ2n) is 7.42. The van der Waals surface area contributed by atoms with Gasteiger partial charge in [0.15, 0.2) is 0 Å². The fourth-order valence-corrected chi connectivity index (χ4v) is 4.24. The number of likely N-dealkylation sites (tertiary alicyclic amines) is 1. The second-order valence-corrected chi connectivity index (χ2v) is 7.42. The molecule has 2 fully saturated rings. The third kappa shape index (κ3) is 3.47. The molecule has 2 heterocycles. The van der Waals surface area contributed by atoms with Crippen LogP contribution < -0.4 is 10.6 Å². The van der Waals surface area contributed by atoms with E-state index in [1.807, 2.05) is 47.4 Å². The Hall–Kier alpha value is -2.66. The van der Waals surface area contributed by atoms with Crippen LogP contribution in [0.25, 0.3) is 0 Å². The van der Waals surface area contributed by atoms with Crippen molar-refractivity contribution in [2.24, 2.45) is 11.7 Å². The molecule has 0 aromatic heterocycles. The molecule has 2 saturated heterocycles. The normalized spacial score (nSPS) is 22.5. The molecule has 2 atom stereocenters. The van der Waals surface area contributed by atoms with Crippen molar-refractivity contribution in [2.75, 3.05) is 31.1 Å². The highest BCUT2D eigenvalue weighted by molar-refractivity contribution is 5.97. The van der Waals surface area contributed by atoms with Gasteiger partial charge in [-0.25, -0.2) is 0 Å². The van der Waals surface area contributed by atoms with Gasteiger partial charge >= 0.3 is 0 Å². The Morgan fingerprint density at radius 2 is 1.78 bits per heavy atom. The Kier molecular flexibility index (Phi) is 4.94. The quantitative estimate of drug-likeness (QED) is 0.908. The number of hydrogen-bond donors (Lipinski definition) is 1. The summed E-state index contributed by atoms with van der Waals surface area (Å²) in [6.07, 6.45) is 1.50. The molecule has 4 rings (SSSR count). The van der Waals surface area contributed by atoms with E-state index < -0.39 is 0 Å². The number of benzene rings is 2. The van der Waals surface area contributed by atoms with Gasteiger partial charge in [-0.1, -0.05) is 30.3 Å². The predicted octanol–water partition coefficient (Wildman–Crippen LogP) is 2.63. The molecule has 0 aliphatic carbocycles. The first-order valence-corrected chi connectivity index (χ1v) is 9.62. The Morgan fingerprint density at radius 3 is 2.41 bits per heavy atom. The molecule has 2 N–H and O–H groups in total. The predicted molar refractivity (Wildman–Crippen MR) is 106 cm³/mol. The van der Waals surface area contributed by atoms with Gasteiger partial charge in [-0.3, -0.25) is 9.59 Å². The van der Waals surface area contributed by atoms with E-state index in [2.05, 4.69) is 12.1 Å². The fraction of sp³-hybridized carbons (Fsp3) is 0.364. The summed E-state index contributed by atoms with van der Waals surface area (Å²) in [5.41, 5.74) is 8.77. The van der Waals surface area contributed by atoms with E-state index in [9.17, 15) is 9.59 Å². The van der Waals surface area contributed by atoms with Crippen LogP contribution in [-0.4, -0.2) is 42.9 Å². The first kappa shape index (κ1) is 17.7. The van der Waals surface area contributed by atoms with Crippen molar-refractivity contribution in [1.29, 1.82) is 0 Å². The maximum atomic E-state index is 13.0. The highest BCUT2D eigenvalue weighted by Crippen LogP contribution is 2.33. The van der Waals surface area contributed by atoms with E-state index in [1.54, 1.807) is 4.90 Å². The summed E-state index contributed by atoms with van der Waals surface area (Å²) in [6, 6.07) is 17.7. The number of carbonyl (C=O) groups excluding carboxylic acids is 2. The molecule has 27 heavy (non-hydrogen) atoms. The van der Waals surface area contributed by atoms with Crippen molar-refractivity contribution in [1.82, 2.24) is 4.90 Å². The van der Waals surface area contributed by atoms with Gasteiger partial charge in [-0.15, -0.1) is 0 Å². The van der Waals surface area contributed by atoms with Crippen LogP contribution in [0.5, 0.6) is 0 Å². The van der Waals surface area contributed by atoms with E-state index in [0.717, 1.165) is 18.7 Å². The molecule has 0 unspecified atom stereocenters. The summed E-state index contributed by atoms with van der Waals surface area (Å²) in [5.74, 6) is 0.746. The van der Waals surface area contributed by atoms with Gasteiger partial charge in [0.25, 0.3) is 5.91 Å². The number of amides is 2. The lowest BCUT2D eigenvalue weighted by Gasteiger charge is -2.19. The average Bonchev–Trinajstić information content (AvgIpc) is 3.34. The molecule has 5 nitrogen and oxygen atoms in total. The van der Waals surface area contributed by atoms with Crippen LogP contribution in [0, 0.1) is 5.92 Å². The SMILES string of the molecule is NC[C@@H]1CN(C(=O)c2ccc(N3CCCC3=O)cc2)C[C@H]1c1ccccc1. The molecule has 0 radical (unpaired) electrons. The summed E-state index contributed by atoms with van der Waals surface area (Å²) in [5, 5.41) is 0. The Bertz CT molecular complexity index is 819. The zero-order valence-electron chi connectivity index (χ0n) is 15.4. The summed E-state index contributed by atoms with van der Waals surface area (Å²) >= 11 is 0. The van der Waals surface area contributed by atoms with Crippen molar-refractivity contribution in [3.05, 3.63) is 65.7 Å². The highest BCUT2D eigenvalue weighted by atomic mass is 16.2. The zero-order chi connectivity index (χ0) is 18.8. The van der Waals surface area contributed by atoms with Crippen LogP contribution in [-0.2, 0) is 4.79 Å². The van der Waals surface area contributed by atoms with Crippen LogP contribution in [0.1, 0.15) is 34.7 Å². The van der Waals surface area contributed by atoms with Gasteiger partial charge in [0.05, 0.1) is 0 Å². The molecule has 140 valence electrons. The van der Waals surface area contributed by atoms with Crippen LogP contribution in [0.2, 0.25) is 0 Å². The van der Waals surface area contributed by atoms with Gasteiger partial charge in [0.2, 0.25) is 5.91 Å².